The lowest BCUT2D eigenvalue weighted by atomic mass is 10.2. The van der Waals surface area contributed by atoms with Crippen LogP contribution in [0.2, 0.25) is 0 Å². The van der Waals surface area contributed by atoms with E-state index in [0.717, 1.165) is 0 Å². The number of carbonyl (C=O) groups is 1. The fourth-order valence-corrected chi connectivity index (χ4v) is 1.26. The normalized spacial score (nSPS) is 27.8. The zero-order chi connectivity index (χ0) is 7.02. The quantitative estimate of drug-likeness (QED) is 0.566. The highest BCUT2D eigenvalue weighted by Crippen LogP contribution is 2.35. The van der Waals surface area contributed by atoms with Crippen LogP contribution in [-0.2, 0) is 4.79 Å². The van der Waals surface area contributed by atoms with Gasteiger partial charge in [-0.15, -0.1) is 0 Å². The molecular formula is C5H5FO2S. The van der Waals surface area contributed by atoms with Gasteiger partial charge in [0.2, 0.25) is 10.3 Å². The van der Waals surface area contributed by atoms with Gasteiger partial charge >= 0.3 is 0 Å². The van der Waals surface area contributed by atoms with Gasteiger partial charge in [-0.1, -0.05) is 0 Å². The van der Waals surface area contributed by atoms with Crippen molar-refractivity contribution in [3.05, 3.63) is 10.9 Å². The van der Waals surface area contributed by atoms with E-state index in [2.05, 4.69) is 0 Å². The molecule has 4 heteroatoms. The molecule has 2 nitrogen and oxygen atoms in total. The van der Waals surface area contributed by atoms with Gasteiger partial charge < -0.3 is 5.11 Å². The van der Waals surface area contributed by atoms with E-state index in [4.69, 9.17) is 5.11 Å². The van der Waals surface area contributed by atoms with E-state index in [1.165, 1.54) is 6.92 Å². The molecule has 1 aliphatic rings. The summed E-state index contributed by atoms with van der Waals surface area (Å²) in [4.78, 5) is 10.5. The molecule has 1 atom stereocenters. The molecule has 0 bridgehead atoms. The second-order valence-electron chi connectivity index (χ2n) is 1.80. The number of aliphatic hydroxyl groups excluding tert-OH is 1. The van der Waals surface area contributed by atoms with Crippen molar-refractivity contribution in [3.63, 3.8) is 0 Å². The molecular weight excluding hydrogens is 143 g/mol. The van der Waals surface area contributed by atoms with Crippen molar-refractivity contribution in [2.24, 2.45) is 5.92 Å². The average Bonchev–Trinajstić information content (AvgIpc) is 1.98. The molecule has 0 aromatic carbocycles. The summed E-state index contributed by atoms with van der Waals surface area (Å²) in [6, 6.07) is 0. The SMILES string of the molecule is CC1C(=O)SC(F)=C1O. The van der Waals surface area contributed by atoms with Gasteiger partial charge in [0, 0.05) is 0 Å². The lowest BCUT2D eigenvalue weighted by Crippen LogP contribution is -2.01. The second-order valence-corrected chi connectivity index (χ2v) is 2.77. The van der Waals surface area contributed by atoms with Crippen LogP contribution in [0.5, 0.6) is 0 Å². The van der Waals surface area contributed by atoms with E-state index < -0.39 is 16.8 Å². The summed E-state index contributed by atoms with van der Waals surface area (Å²) in [5, 5.41) is 7.61. The van der Waals surface area contributed by atoms with E-state index in [1.807, 2.05) is 0 Å². The minimum absolute atomic E-state index is 0.329. The monoisotopic (exact) mass is 148 g/mol. The Morgan fingerprint density at radius 1 is 1.78 bits per heavy atom. The van der Waals surface area contributed by atoms with Crippen LogP contribution in [0.25, 0.3) is 0 Å². The molecule has 0 radical (unpaired) electrons. The van der Waals surface area contributed by atoms with Crippen LogP contribution in [0.3, 0.4) is 0 Å². The van der Waals surface area contributed by atoms with Gasteiger partial charge in [-0.25, -0.2) is 0 Å². The Morgan fingerprint density at radius 2 is 2.33 bits per heavy atom. The third-order valence-corrected chi connectivity index (χ3v) is 2.10. The van der Waals surface area contributed by atoms with Crippen LogP contribution in [0.15, 0.2) is 10.9 Å². The minimum atomic E-state index is -0.757. The summed E-state index contributed by atoms with van der Waals surface area (Å²) in [6.45, 7) is 1.47. The van der Waals surface area contributed by atoms with Crippen molar-refractivity contribution in [2.45, 2.75) is 6.92 Å². The van der Waals surface area contributed by atoms with Gasteiger partial charge in [0.15, 0.2) is 0 Å². The zero-order valence-corrected chi connectivity index (χ0v) is 5.54. The first kappa shape index (κ1) is 6.61. The summed E-state index contributed by atoms with van der Waals surface area (Å²) >= 11 is 0.461. The van der Waals surface area contributed by atoms with Crippen LogP contribution >= 0.6 is 11.8 Å². The topological polar surface area (TPSA) is 37.3 Å². The van der Waals surface area contributed by atoms with E-state index in [0.29, 0.717) is 11.8 Å². The number of hydrogen-bond donors (Lipinski definition) is 1. The van der Waals surface area contributed by atoms with E-state index in [9.17, 15) is 9.18 Å². The highest BCUT2D eigenvalue weighted by molar-refractivity contribution is 8.17. The highest BCUT2D eigenvalue weighted by Gasteiger charge is 2.30. The molecule has 50 valence electrons. The Labute approximate surface area is 55.7 Å². The number of halogens is 1. The average molecular weight is 148 g/mol. The molecule has 1 N–H and O–H groups in total. The Kier molecular flexibility index (Phi) is 1.48. The molecule has 9 heavy (non-hydrogen) atoms. The fourth-order valence-electron chi connectivity index (χ4n) is 0.511. The standard InChI is InChI=1S/C5H5FO2S/c1-2-3(7)4(6)9-5(2)8/h2,7H,1H3. The maximum absolute atomic E-state index is 12.2. The van der Waals surface area contributed by atoms with Gasteiger partial charge in [0.05, 0.1) is 5.92 Å². The molecule has 0 amide bonds. The predicted octanol–water partition coefficient (Wildman–Crippen LogP) is 1.59. The van der Waals surface area contributed by atoms with Crippen molar-refractivity contribution >= 4 is 16.9 Å². The lowest BCUT2D eigenvalue weighted by molar-refractivity contribution is -0.113. The number of allylic oxidation sites excluding steroid dienone is 1. The largest absolute Gasteiger partial charge is 0.508 e. The van der Waals surface area contributed by atoms with Crippen molar-refractivity contribution < 1.29 is 14.3 Å². The minimum Gasteiger partial charge on any atom is -0.508 e. The summed E-state index contributed by atoms with van der Waals surface area (Å²) < 4.78 is 12.2. The molecule has 0 saturated carbocycles. The molecule has 1 rings (SSSR count). The summed E-state index contributed by atoms with van der Waals surface area (Å²) in [6.07, 6.45) is 0. The first-order chi connectivity index (χ1) is 4.13. The number of rotatable bonds is 0. The van der Waals surface area contributed by atoms with Gasteiger partial charge in [-0.3, -0.25) is 4.79 Å². The Balaban J connectivity index is 2.87. The zero-order valence-electron chi connectivity index (χ0n) is 4.72. The Morgan fingerprint density at radius 3 is 2.44 bits per heavy atom. The molecule has 0 aromatic heterocycles. The number of carbonyl (C=O) groups excluding carboxylic acids is 1. The van der Waals surface area contributed by atoms with Crippen molar-refractivity contribution in [3.8, 4) is 0 Å². The van der Waals surface area contributed by atoms with Crippen LogP contribution in [0.4, 0.5) is 4.39 Å². The fraction of sp³-hybridized carbons (Fsp3) is 0.400. The van der Waals surface area contributed by atoms with Crippen LogP contribution < -0.4 is 0 Å². The second kappa shape index (κ2) is 2.02. The maximum atomic E-state index is 12.2. The van der Waals surface area contributed by atoms with Crippen molar-refractivity contribution in [1.82, 2.24) is 0 Å². The third kappa shape index (κ3) is 0.941. The highest BCUT2D eigenvalue weighted by atomic mass is 32.2. The summed E-state index contributed by atoms with van der Waals surface area (Å²) in [7, 11) is 0. The predicted molar refractivity (Wildman–Crippen MR) is 32.5 cm³/mol. The van der Waals surface area contributed by atoms with Gasteiger partial charge in [0.1, 0.15) is 5.76 Å². The molecule has 0 aromatic rings. The molecule has 1 heterocycles. The Bertz CT molecular complexity index is 187. The van der Waals surface area contributed by atoms with Gasteiger partial charge in [0.25, 0.3) is 0 Å². The maximum Gasteiger partial charge on any atom is 0.206 e. The van der Waals surface area contributed by atoms with Crippen molar-refractivity contribution in [1.29, 1.82) is 0 Å². The number of aliphatic hydroxyl groups is 1. The first-order valence-electron chi connectivity index (χ1n) is 2.43. The van der Waals surface area contributed by atoms with Crippen LogP contribution in [0.1, 0.15) is 6.92 Å². The van der Waals surface area contributed by atoms with E-state index in [1.54, 1.807) is 0 Å². The molecule has 0 saturated heterocycles. The summed E-state index contributed by atoms with van der Waals surface area (Å²) in [5.41, 5.74) is 0. The molecule has 1 unspecified atom stereocenters. The van der Waals surface area contributed by atoms with Crippen molar-refractivity contribution in [2.75, 3.05) is 0 Å². The number of thioether (sulfide) groups is 1. The number of hydrogen-bond acceptors (Lipinski definition) is 3. The van der Waals surface area contributed by atoms with Crippen LogP contribution in [0, 0.1) is 5.92 Å². The van der Waals surface area contributed by atoms with Gasteiger partial charge in [-0.2, -0.15) is 4.39 Å². The van der Waals surface area contributed by atoms with Gasteiger partial charge in [-0.05, 0) is 18.7 Å². The summed E-state index contributed by atoms with van der Waals surface area (Å²) in [5.74, 6) is -1.08. The van der Waals surface area contributed by atoms with Crippen LogP contribution in [-0.4, -0.2) is 10.2 Å². The van der Waals surface area contributed by atoms with E-state index >= 15 is 0 Å². The molecule has 0 fully saturated rings. The smallest absolute Gasteiger partial charge is 0.206 e. The molecule has 1 aliphatic heterocycles. The van der Waals surface area contributed by atoms with E-state index in [-0.39, 0.29) is 5.12 Å². The Hall–Kier alpha value is -0.510. The molecule has 0 aliphatic carbocycles. The first-order valence-corrected chi connectivity index (χ1v) is 3.25. The molecule has 0 spiro atoms. The lowest BCUT2D eigenvalue weighted by Gasteiger charge is -1.94. The third-order valence-electron chi connectivity index (χ3n) is 1.16.